The van der Waals surface area contributed by atoms with E-state index >= 15 is 0 Å². The maximum absolute atomic E-state index is 14.2. The number of carbonyl (C=O) groups excluding carboxylic acids is 1. The summed E-state index contributed by atoms with van der Waals surface area (Å²) in [5.74, 6) is -3.77. The Bertz CT molecular complexity index is 508. The van der Waals surface area contributed by atoms with Crippen molar-refractivity contribution in [3.05, 3.63) is 35.4 Å². The molecule has 0 spiro atoms. The van der Waals surface area contributed by atoms with E-state index in [-0.39, 0.29) is 12.4 Å². The standard InChI is InChI=1S/C15H20F2N2O3.ClH/c1-22-14(21)12-4-2-11(3-5-12)13(15(16,17)10-20)19-8-6-18-7-9-19;/h2-5,13,18,20H,6-10H2,1H3;1H/t13-;/m0./s1. The Balaban J connectivity index is 0.00000264. The molecule has 5 nitrogen and oxygen atoms in total. The van der Waals surface area contributed by atoms with Crippen LogP contribution < -0.4 is 5.32 Å². The van der Waals surface area contributed by atoms with E-state index in [0.29, 0.717) is 37.3 Å². The summed E-state index contributed by atoms with van der Waals surface area (Å²) in [6.07, 6.45) is 0. The molecule has 1 aromatic rings. The van der Waals surface area contributed by atoms with Gasteiger partial charge in [-0.25, -0.2) is 13.6 Å². The van der Waals surface area contributed by atoms with Gasteiger partial charge >= 0.3 is 5.97 Å². The van der Waals surface area contributed by atoms with Crippen LogP contribution in [0.2, 0.25) is 0 Å². The van der Waals surface area contributed by atoms with Crippen LogP contribution >= 0.6 is 12.4 Å². The van der Waals surface area contributed by atoms with Crippen LogP contribution in [0.4, 0.5) is 8.78 Å². The Kier molecular flexibility index (Phi) is 7.34. The van der Waals surface area contributed by atoms with Crippen LogP contribution in [0.3, 0.4) is 0 Å². The van der Waals surface area contributed by atoms with Gasteiger partial charge in [-0.1, -0.05) is 12.1 Å². The third-order valence-electron chi connectivity index (χ3n) is 3.78. The molecular weight excluding hydrogens is 330 g/mol. The number of nitrogens with zero attached hydrogens (tertiary/aromatic N) is 1. The smallest absolute Gasteiger partial charge is 0.337 e. The number of halogens is 3. The van der Waals surface area contributed by atoms with Gasteiger partial charge in [0.1, 0.15) is 12.6 Å². The number of ether oxygens (including phenoxy) is 1. The van der Waals surface area contributed by atoms with E-state index in [9.17, 15) is 13.6 Å². The molecule has 1 aliphatic rings. The summed E-state index contributed by atoms with van der Waals surface area (Å²) >= 11 is 0. The first-order valence-electron chi connectivity index (χ1n) is 7.11. The molecule has 1 atom stereocenters. The lowest BCUT2D eigenvalue weighted by Crippen LogP contribution is -2.51. The lowest BCUT2D eigenvalue weighted by molar-refractivity contribution is -0.118. The lowest BCUT2D eigenvalue weighted by atomic mass is 9.97. The van der Waals surface area contributed by atoms with E-state index in [1.54, 1.807) is 4.90 Å². The summed E-state index contributed by atoms with van der Waals surface area (Å²) in [7, 11) is 1.26. The van der Waals surface area contributed by atoms with Crippen molar-refractivity contribution >= 4 is 18.4 Å². The summed E-state index contributed by atoms with van der Waals surface area (Å²) in [6, 6.07) is 4.69. The molecular formula is C15H21ClF2N2O3. The van der Waals surface area contributed by atoms with Crippen molar-refractivity contribution in [1.82, 2.24) is 10.2 Å². The SMILES string of the molecule is COC(=O)c1ccc([C@H](N2CCNCC2)C(F)(F)CO)cc1.Cl. The van der Waals surface area contributed by atoms with Gasteiger partial charge in [-0.3, -0.25) is 4.90 Å². The van der Waals surface area contributed by atoms with Crippen LogP contribution in [0.1, 0.15) is 22.0 Å². The monoisotopic (exact) mass is 350 g/mol. The Morgan fingerprint density at radius 3 is 2.39 bits per heavy atom. The normalized spacial score (nSPS) is 17.2. The number of methoxy groups -OCH3 is 1. The first kappa shape index (κ1) is 19.8. The van der Waals surface area contributed by atoms with Gasteiger partial charge in [0.25, 0.3) is 5.92 Å². The maximum atomic E-state index is 14.2. The third-order valence-corrected chi connectivity index (χ3v) is 3.78. The zero-order chi connectivity index (χ0) is 16.2. The molecule has 0 radical (unpaired) electrons. The highest BCUT2D eigenvalue weighted by molar-refractivity contribution is 5.89. The summed E-state index contributed by atoms with van der Waals surface area (Å²) in [6.45, 7) is 0.967. The molecule has 1 heterocycles. The number of piperazine rings is 1. The third kappa shape index (κ3) is 4.60. The summed E-state index contributed by atoms with van der Waals surface area (Å²) < 4.78 is 33.0. The zero-order valence-corrected chi connectivity index (χ0v) is 13.6. The van der Waals surface area contributed by atoms with Crippen molar-refractivity contribution in [2.24, 2.45) is 0 Å². The second kappa shape index (κ2) is 8.54. The summed E-state index contributed by atoms with van der Waals surface area (Å²) in [4.78, 5) is 13.1. The largest absolute Gasteiger partial charge is 0.465 e. The topological polar surface area (TPSA) is 61.8 Å². The molecule has 23 heavy (non-hydrogen) atoms. The van der Waals surface area contributed by atoms with Gasteiger partial charge in [0, 0.05) is 26.2 Å². The molecule has 0 saturated carbocycles. The number of aliphatic hydroxyl groups excluding tert-OH is 1. The number of rotatable bonds is 5. The molecule has 2 N–H and O–H groups in total. The van der Waals surface area contributed by atoms with Crippen LogP contribution in [-0.4, -0.2) is 61.8 Å². The highest BCUT2D eigenvalue weighted by Gasteiger charge is 2.43. The van der Waals surface area contributed by atoms with Gasteiger partial charge in [0.05, 0.1) is 12.7 Å². The van der Waals surface area contributed by atoms with Crippen LogP contribution in [0.15, 0.2) is 24.3 Å². The first-order valence-corrected chi connectivity index (χ1v) is 7.11. The van der Waals surface area contributed by atoms with Gasteiger partial charge < -0.3 is 15.2 Å². The van der Waals surface area contributed by atoms with Gasteiger partial charge in [0.15, 0.2) is 0 Å². The van der Waals surface area contributed by atoms with Crippen LogP contribution in [0.5, 0.6) is 0 Å². The quantitative estimate of drug-likeness (QED) is 0.787. The molecule has 0 aromatic heterocycles. The number of benzene rings is 1. The summed E-state index contributed by atoms with van der Waals surface area (Å²) in [5, 5.41) is 12.2. The Hall–Kier alpha value is -1.28. The van der Waals surface area contributed by atoms with Crippen molar-refractivity contribution in [2.75, 3.05) is 39.9 Å². The van der Waals surface area contributed by atoms with Gasteiger partial charge in [-0.15, -0.1) is 12.4 Å². The molecule has 130 valence electrons. The Labute approximate surface area is 140 Å². The number of aliphatic hydroxyl groups is 1. The lowest BCUT2D eigenvalue weighted by Gasteiger charge is -2.38. The minimum absolute atomic E-state index is 0. The molecule has 1 saturated heterocycles. The second-order valence-electron chi connectivity index (χ2n) is 5.22. The molecule has 1 fully saturated rings. The summed E-state index contributed by atoms with van der Waals surface area (Å²) in [5.41, 5.74) is 0.672. The molecule has 0 amide bonds. The Morgan fingerprint density at radius 2 is 1.91 bits per heavy atom. The second-order valence-corrected chi connectivity index (χ2v) is 5.22. The van der Waals surface area contributed by atoms with Crippen molar-refractivity contribution in [3.63, 3.8) is 0 Å². The Morgan fingerprint density at radius 1 is 1.35 bits per heavy atom. The number of nitrogens with one attached hydrogen (secondary N) is 1. The van der Waals surface area contributed by atoms with Crippen LogP contribution in [0, 0.1) is 0 Å². The average molecular weight is 351 g/mol. The molecule has 1 aliphatic heterocycles. The predicted molar refractivity (Wildman–Crippen MR) is 84.2 cm³/mol. The fourth-order valence-electron chi connectivity index (χ4n) is 2.67. The van der Waals surface area contributed by atoms with Crippen molar-refractivity contribution in [3.8, 4) is 0 Å². The first-order chi connectivity index (χ1) is 10.5. The number of hydrogen-bond acceptors (Lipinski definition) is 5. The molecule has 0 unspecified atom stereocenters. The molecule has 1 aromatic carbocycles. The number of hydrogen-bond donors (Lipinski definition) is 2. The van der Waals surface area contributed by atoms with E-state index in [4.69, 9.17) is 5.11 Å². The van der Waals surface area contributed by atoms with E-state index in [0.717, 1.165) is 0 Å². The minimum Gasteiger partial charge on any atom is -0.465 e. The molecule has 0 bridgehead atoms. The van der Waals surface area contributed by atoms with E-state index in [1.165, 1.54) is 31.4 Å². The number of esters is 1. The van der Waals surface area contributed by atoms with Crippen molar-refractivity contribution < 1.29 is 23.4 Å². The number of alkyl halides is 2. The van der Waals surface area contributed by atoms with Crippen LogP contribution in [0.25, 0.3) is 0 Å². The van der Waals surface area contributed by atoms with Crippen molar-refractivity contribution in [1.29, 1.82) is 0 Å². The van der Waals surface area contributed by atoms with E-state index in [1.807, 2.05) is 0 Å². The maximum Gasteiger partial charge on any atom is 0.337 e. The highest BCUT2D eigenvalue weighted by atomic mass is 35.5. The van der Waals surface area contributed by atoms with Crippen LogP contribution in [-0.2, 0) is 4.74 Å². The van der Waals surface area contributed by atoms with Gasteiger partial charge in [0.2, 0.25) is 0 Å². The predicted octanol–water partition coefficient (Wildman–Crippen LogP) is 1.47. The minimum atomic E-state index is -3.26. The van der Waals surface area contributed by atoms with Gasteiger partial charge in [-0.2, -0.15) is 0 Å². The van der Waals surface area contributed by atoms with E-state index < -0.39 is 24.5 Å². The molecule has 0 aliphatic carbocycles. The fourth-order valence-corrected chi connectivity index (χ4v) is 2.67. The van der Waals surface area contributed by atoms with Crippen molar-refractivity contribution in [2.45, 2.75) is 12.0 Å². The molecule has 8 heteroatoms. The highest BCUT2D eigenvalue weighted by Crippen LogP contribution is 2.36. The average Bonchev–Trinajstić information content (AvgIpc) is 2.56. The zero-order valence-electron chi connectivity index (χ0n) is 12.8. The number of carbonyl (C=O) groups is 1. The van der Waals surface area contributed by atoms with Gasteiger partial charge in [-0.05, 0) is 17.7 Å². The van der Waals surface area contributed by atoms with E-state index in [2.05, 4.69) is 10.1 Å². The fraction of sp³-hybridized carbons (Fsp3) is 0.533. The molecule has 2 rings (SSSR count).